The maximum Gasteiger partial charge on any atom is 0.319 e. The van der Waals surface area contributed by atoms with Crippen molar-refractivity contribution in [2.75, 3.05) is 30.5 Å². The molecule has 2 aromatic rings. The second-order valence-electron chi connectivity index (χ2n) is 6.16. The molecule has 0 radical (unpaired) electrons. The fourth-order valence-electron chi connectivity index (χ4n) is 2.99. The molecule has 0 aliphatic carbocycles. The molecule has 1 aliphatic rings. The van der Waals surface area contributed by atoms with Crippen molar-refractivity contribution in [3.63, 3.8) is 0 Å². The van der Waals surface area contributed by atoms with E-state index >= 15 is 0 Å². The van der Waals surface area contributed by atoms with Crippen molar-refractivity contribution in [2.24, 2.45) is 0 Å². The zero-order valence-corrected chi connectivity index (χ0v) is 15.4. The minimum absolute atomic E-state index is 0.0328. The Morgan fingerprint density at radius 3 is 2.67 bits per heavy atom. The van der Waals surface area contributed by atoms with Gasteiger partial charge in [0.15, 0.2) is 0 Å². The fourth-order valence-corrected chi connectivity index (χ4v) is 2.99. The Balaban J connectivity index is 1.56. The van der Waals surface area contributed by atoms with Gasteiger partial charge in [-0.1, -0.05) is 6.07 Å². The smallest absolute Gasteiger partial charge is 0.319 e. The van der Waals surface area contributed by atoms with Gasteiger partial charge < -0.3 is 25.0 Å². The Morgan fingerprint density at radius 1 is 1.19 bits per heavy atom. The first kappa shape index (κ1) is 18.6. The van der Waals surface area contributed by atoms with E-state index in [2.05, 4.69) is 10.6 Å². The second-order valence-corrected chi connectivity index (χ2v) is 6.16. The van der Waals surface area contributed by atoms with Crippen LogP contribution < -0.4 is 25.0 Å². The molecular formula is C20H23N3O4. The number of urea groups is 1. The Bertz CT molecular complexity index is 807. The number of ether oxygens (including phenoxy) is 2. The lowest BCUT2D eigenvalue weighted by Gasteiger charge is -2.18. The average molecular weight is 369 g/mol. The van der Waals surface area contributed by atoms with Gasteiger partial charge in [-0.05, 0) is 43.3 Å². The van der Waals surface area contributed by atoms with Crippen molar-refractivity contribution < 1.29 is 19.1 Å². The van der Waals surface area contributed by atoms with Gasteiger partial charge in [0.2, 0.25) is 5.91 Å². The van der Waals surface area contributed by atoms with Crippen LogP contribution in [0.3, 0.4) is 0 Å². The van der Waals surface area contributed by atoms with Crippen molar-refractivity contribution >= 4 is 23.3 Å². The van der Waals surface area contributed by atoms with E-state index in [-0.39, 0.29) is 24.4 Å². The molecule has 2 aromatic carbocycles. The minimum atomic E-state index is -0.343. The van der Waals surface area contributed by atoms with Crippen LogP contribution in [0.4, 0.5) is 16.2 Å². The molecule has 1 atom stereocenters. The number of amides is 3. The third-order valence-electron chi connectivity index (χ3n) is 4.25. The number of hydrogen-bond acceptors (Lipinski definition) is 4. The zero-order chi connectivity index (χ0) is 19.2. The molecule has 142 valence electrons. The van der Waals surface area contributed by atoms with E-state index < -0.39 is 0 Å². The number of hydrogen-bond donors (Lipinski definition) is 2. The Morgan fingerprint density at radius 2 is 1.96 bits per heavy atom. The minimum Gasteiger partial charge on any atom is -0.497 e. The molecule has 0 saturated carbocycles. The highest BCUT2D eigenvalue weighted by molar-refractivity contribution is 5.97. The van der Waals surface area contributed by atoms with Crippen molar-refractivity contribution in [1.82, 2.24) is 5.32 Å². The van der Waals surface area contributed by atoms with Crippen LogP contribution in [-0.4, -0.2) is 38.2 Å². The predicted octanol–water partition coefficient (Wildman–Crippen LogP) is 3.02. The standard InChI is InChI=1S/C20H23N3O4/c1-3-27-17-9-7-14(8-10-17)21-20(25)22-15-11-19(24)23(13-15)16-5-4-6-18(12-16)26-2/h4-10,12,15H,3,11,13H2,1-2H3,(H2,21,22,25). The Labute approximate surface area is 158 Å². The molecule has 7 heteroatoms. The highest BCUT2D eigenvalue weighted by Gasteiger charge is 2.31. The van der Waals surface area contributed by atoms with Gasteiger partial charge in [0.05, 0.1) is 19.8 Å². The molecule has 7 nitrogen and oxygen atoms in total. The number of carbonyl (C=O) groups is 2. The molecule has 1 fully saturated rings. The topological polar surface area (TPSA) is 79.9 Å². The van der Waals surface area contributed by atoms with Gasteiger partial charge in [0.1, 0.15) is 11.5 Å². The van der Waals surface area contributed by atoms with Gasteiger partial charge in [0, 0.05) is 30.4 Å². The van der Waals surface area contributed by atoms with E-state index in [1.807, 2.05) is 25.1 Å². The van der Waals surface area contributed by atoms with Crippen LogP contribution in [0.1, 0.15) is 13.3 Å². The van der Waals surface area contributed by atoms with Gasteiger partial charge >= 0.3 is 6.03 Å². The van der Waals surface area contributed by atoms with E-state index in [1.54, 1.807) is 42.3 Å². The quantitative estimate of drug-likeness (QED) is 0.820. The van der Waals surface area contributed by atoms with E-state index in [4.69, 9.17) is 9.47 Å². The van der Waals surface area contributed by atoms with E-state index in [0.717, 1.165) is 11.4 Å². The first-order chi connectivity index (χ1) is 13.1. The van der Waals surface area contributed by atoms with E-state index in [9.17, 15) is 9.59 Å². The van der Waals surface area contributed by atoms with Crippen LogP contribution in [0.25, 0.3) is 0 Å². The van der Waals surface area contributed by atoms with Gasteiger partial charge in [-0.2, -0.15) is 0 Å². The summed E-state index contributed by atoms with van der Waals surface area (Å²) in [7, 11) is 1.58. The Kier molecular flexibility index (Phi) is 5.80. The monoisotopic (exact) mass is 369 g/mol. The molecular weight excluding hydrogens is 346 g/mol. The molecule has 1 saturated heterocycles. The number of nitrogens with one attached hydrogen (secondary N) is 2. The van der Waals surface area contributed by atoms with Crippen LogP contribution in [0.15, 0.2) is 48.5 Å². The maximum absolute atomic E-state index is 12.3. The Hall–Kier alpha value is -3.22. The van der Waals surface area contributed by atoms with Crippen LogP contribution >= 0.6 is 0 Å². The summed E-state index contributed by atoms with van der Waals surface area (Å²) in [6.07, 6.45) is 0.258. The van der Waals surface area contributed by atoms with Crippen LogP contribution in [0.2, 0.25) is 0 Å². The summed E-state index contributed by atoms with van der Waals surface area (Å²) in [6.45, 7) is 2.92. The molecule has 0 spiro atoms. The summed E-state index contributed by atoms with van der Waals surface area (Å²) in [5.74, 6) is 1.40. The molecule has 1 unspecified atom stereocenters. The first-order valence-corrected chi connectivity index (χ1v) is 8.84. The van der Waals surface area contributed by atoms with Gasteiger partial charge in [-0.15, -0.1) is 0 Å². The lowest BCUT2D eigenvalue weighted by molar-refractivity contribution is -0.117. The number of carbonyl (C=O) groups excluding carboxylic acids is 2. The zero-order valence-electron chi connectivity index (χ0n) is 15.4. The highest BCUT2D eigenvalue weighted by atomic mass is 16.5. The van der Waals surface area contributed by atoms with Crippen molar-refractivity contribution in [3.05, 3.63) is 48.5 Å². The molecule has 2 N–H and O–H groups in total. The maximum atomic E-state index is 12.3. The fraction of sp³-hybridized carbons (Fsp3) is 0.300. The number of benzene rings is 2. The predicted molar refractivity (Wildman–Crippen MR) is 104 cm³/mol. The number of anilines is 2. The van der Waals surface area contributed by atoms with Crippen LogP contribution in [0.5, 0.6) is 11.5 Å². The largest absolute Gasteiger partial charge is 0.497 e. The van der Waals surface area contributed by atoms with Crippen LogP contribution in [-0.2, 0) is 4.79 Å². The lowest BCUT2D eigenvalue weighted by atomic mass is 10.2. The van der Waals surface area contributed by atoms with Gasteiger partial charge in [-0.3, -0.25) is 4.79 Å². The average Bonchev–Trinajstić information content (AvgIpc) is 3.03. The van der Waals surface area contributed by atoms with Gasteiger partial charge in [0.25, 0.3) is 0 Å². The molecule has 3 rings (SSSR count). The summed E-state index contributed by atoms with van der Waals surface area (Å²) in [5, 5.41) is 5.62. The molecule has 27 heavy (non-hydrogen) atoms. The van der Waals surface area contributed by atoms with Gasteiger partial charge in [-0.25, -0.2) is 4.79 Å². The van der Waals surface area contributed by atoms with E-state index in [0.29, 0.717) is 24.6 Å². The molecule has 1 heterocycles. The summed E-state index contributed by atoms with van der Waals surface area (Å²) in [4.78, 5) is 26.2. The first-order valence-electron chi connectivity index (χ1n) is 8.84. The summed E-state index contributed by atoms with van der Waals surface area (Å²) in [5.41, 5.74) is 1.42. The number of methoxy groups -OCH3 is 1. The van der Waals surface area contributed by atoms with Crippen molar-refractivity contribution in [3.8, 4) is 11.5 Å². The van der Waals surface area contributed by atoms with Crippen LogP contribution in [0, 0.1) is 0 Å². The molecule has 0 bridgehead atoms. The molecule has 1 aliphatic heterocycles. The third-order valence-corrected chi connectivity index (χ3v) is 4.25. The summed E-state index contributed by atoms with van der Waals surface area (Å²) in [6, 6.07) is 13.8. The lowest BCUT2D eigenvalue weighted by Crippen LogP contribution is -2.39. The number of nitrogens with zero attached hydrogens (tertiary/aromatic N) is 1. The SMILES string of the molecule is CCOc1ccc(NC(=O)NC2CC(=O)N(c3cccc(OC)c3)C2)cc1. The summed E-state index contributed by atoms with van der Waals surface area (Å²) >= 11 is 0. The normalized spacial score (nSPS) is 16.1. The second kappa shape index (κ2) is 8.44. The highest BCUT2D eigenvalue weighted by Crippen LogP contribution is 2.25. The molecule has 0 aromatic heterocycles. The third kappa shape index (κ3) is 4.69. The summed E-state index contributed by atoms with van der Waals surface area (Å²) < 4.78 is 10.6. The number of rotatable bonds is 6. The van der Waals surface area contributed by atoms with Crippen molar-refractivity contribution in [1.29, 1.82) is 0 Å². The van der Waals surface area contributed by atoms with Crippen molar-refractivity contribution in [2.45, 2.75) is 19.4 Å². The van der Waals surface area contributed by atoms with E-state index in [1.165, 1.54) is 0 Å². The molecule has 3 amide bonds.